The molecule has 0 aromatic heterocycles. The quantitative estimate of drug-likeness (QED) is 0.801. The lowest BCUT2D eigenvalue weighted by Gasteiger charge is -2.42. The number of ether oxygens (including phenoxy) is 1. The van der Waals surface area contributed by atoms with Crippen LogP contribution in [0.1, 0.15) is 24.2 Å². The molecule has 1 aliphatic heterocycles. The number of benzene rings is 1. The lowest BCUT2D eigenvalue weighted by atomic mass is 10.0. The summed E-state index contributed by atoms with van der Waals surface area (Å²) in [5.74, 6) is -0.0981. The highest BCUT2D eigenvalue weighted by Crippen LogP contribution is 2.25. The number of anilines is 1. The summed E-state index contributed by atoms with van der Waals surface area (Å²) in [5.41, 5.74) is 6.41. The van der Waals surface area contributed by atoms with Gasteiger partial charge < -0.3 is 20.5 Å². The summed E-state index contributed by atoms with van der Waals surface area (Å²) in [7, 11) is 0. The smallest absolute Gasteiger partial charge is 0.254 e. The molecule has 2 rings (SSSR count). The van der Waals surface area contributed by atoms with Crippen molar-refractivity contribution in [3.05, 3.63) is 28.2 Å². The molecule has 1 unspecified atom stereocenters. The predicted molar refractivity (Wildman–Crippen MR) is 80.5 cm³/mol. The summed E-state index contributed by atoms with van der Waals surface area (Å²) in [6, 6.07) is 5.15. The van der Waals surface area contributed by atoms with Crippen LogP contribution in [0.3, 0.4) is 0 Å². The molecule has 0 spiro atoms. The molecule has 0 radical (unpaired) electrons. The third-order valence-electron chi connectivity index (χ3n) is 3.22. The number of halogens is 1. The van der Waals surface area contributed by atoms with Gasteiger partial charge in [-0.1, -0.05) is 0 Å². The van der Waals surface area contributed by atoms with Crippen LogP contribution >= 0.6 is 15.9 Å². The van der Waals surface area contributed by atoms with Crippen LogP contribution in [0.25, 0.3) is 0 Å². The van der Waals surface area contributed by atoms with Crippen molar-refractivity contribution in [3.63, 3.8) is 0 Å². The lowest BCUT2D eigenvalue weighted by Crippen LogP contribution is -2.55. The zero-order chi connectivity index (χ0) is 14.9. The molecule has 0 saturated carbocycles. The van der Waals surface area contributed by atoms with Gasteiger partial charge >= 0.3 is 0 Å². The first-order valence-corrected chi connectivity index (χ1v) is 7.24. The van der Waals surface area contributed by atoms with Gasteiger partial charge in [0.15, 0.2) is 0 Å². The summed E-state index contributed by atoms with van der Waals surface area (Å²) < 4.78 is 6.47. The van der Waals surface area contributed by atoms with Crippen molar-refractivity contribution >= 4 is 27.5 Å². The Morgan fingerprint density at radius 2 is 2.30 bits per heavy atom. The van der Waals surface area contributed by atoms with E-state index in [-0.39, 0.29) is 18.6 Å². The Kier molecular flexibility index (Phi) is 4.36. The second-order valence-electron chi connectivity index (χ2n) is 5.60. The molecule has 110 valence electrons. The van der Waals surface area contributed by atoms with E-state index in [0.717, 1.165) is 4.47 Å². The zero-order valence-electron chi connectivity index (χ0n) is 11.6. The highest BCUT2D eigenvalue weighted by atomic mass is 79.9. The highest BCUT2D eigenvalue weighted by Gasteiger charge is 2.35. The molecule has 1 fully saturated rings. The fourth-order valence-corrected chi connectivity index (χ4v) is 2.65. The molecule has 0 bridgehead atoms. The Balaban J connectivity index is 2.21. The fourth-order valence-electron chi connectivity index (χ4n) is 2.40. The highest BCUT2D eigenvalue weighted by molar-refractivity contribution is 9.10. The number of nitrogens with two attached hydrogens (primary N) is 1. The van der Waals surface area contributed by atoms with Gasteiger partial charge in [0.05, 0.1) is 18.3 Å². The number of nitrogens with zero attached hydrogens (tertiary/aromatic N) is 1. The van der Waals surface area contributed by atoms with Crippen molar-refractivity contribution in [3.8, 4) is 0 Å². The third-order valence-corrected chi connectivity index (χ3v) is 3.94. The molecular weight excluding hydrogens is 324 g/mol. The number of carbonyl (C=O) groups excluding carboxylic acids is 1. The van der Waals surface area contributed by atoms with E-state index in [1.165, 1.54) is 0 Å². The summed E-state index contributed by atoms with van der Waals surface area (Å²) in [6.07, 6.45) is -0.351. The number of aliphatic hydroxyl groups is 1. The Morgan fingerprint density at radius 1 is 1.60 bits per heavy atom. The number of carbonyl (C=O) groups is 1. The van der Waals surface area contributed by atoms with Gasteiger partial charge in [0, 0.05) is 28.8 Å². The summed E-state index contributed by atoms with van der Waals surface area (Å²) in [6.45, 7) is 4.58. The Morgan fingerprint density at radius 3 is 2.90 bits per heavy atom. The number of hydrogen-bond donors (Lipinski definition) is 2. The van der Waals surface area contributed by atoms with Gasteiger partial charge in [-0.3, -0.25) is 4.79 Å². The first kappa shape index (κ1) is 15.3. The maximum Gasteiger partial charge on any atom is 0.254 e. The molecule has 1 saturated heterocycles. The van der Waals surface area contributed by atoms with Crippen molar-refractivity contribution in [2.45, 2.75) is 25.6 Å². The molecule has 1 aliphatic rings. The van der Waals surface area contributed by atoms with Crippen molar-refractivity contribution in [1.29, 1.82) is 0 Å². The Bertz CT molecular complexity index is 519. The van der Waals surface area contributed by atoms with E-state index in [0.29, 0.717) is 24.3 Å². The first-order chi connectivity index (χ1) is 9.32. The minimum Gasteiger partial charge on any atom is -0.398 e. The molecular formula is C14H19BrN2O3. The average Bonchev–Trinajstić information content (AvgIpc) is 2.39. The van der Waals surface area contributed by atoms with E-state index in [1.54, 1.807) is 23.1 Å². The van der Waals surface area contributed by atoms with E-state index in [4.69, 9.17) is 10.5 Å². The molecule has 1 aromatic rings. The standard InChI is InChI=1S/C14H19BrN2O3/c1-14(2)8-17(6-10(7-18)20-14)13(19)9-3-4-11(15)12(16)5-9/h3-5,10,18H,6-8,16H2,1-2H3. The molecule has 6 heteroatoms. The van der Waals surface area contributed by atoms with Crippen molar-refractivity contribution < 1.29 is 14.6 Å². The Hall–Kier alpha value is -1.11. The number of amides is 1. The number of aliphatic hydroxyl groups excluding tert-OH is 1. The van der Waals surface area contributed by atoms with Crippen LogP contribution in [0.4, 0.5) is 5.69 Å². The minimum absolute atomic E-state index is 0.0981. The maximum atomic E-state index is 12.5. The monoisotopic (exact) mass is 342 g/mol. The molecule has 20 heavy (non-hydrogen) atoms. The van der Waals surface area contributed by atoms with Crippen molar-refractivity contribution in [2.75, 3.05) is 25.4 Å². The molecule has 1 amide bonds. The minimum atomic E-state index is -0.470. The first-order valence-electron chi connectivity index (χ1n) is 6.45. The van der Waals surface area contributed by atoms with Crippen molar-refractivity contribution in [1.82, 2.24) is 4.90 Å². The summed E-state index contributed by atoms with van der Waals surface area (Å²) >= 11 is 3.31. The zero-order valence-corrected chi connectivity index (χ0v) is 13.2. The predicted octanol–water partition coefficient (Wildman–Crippen LogP) is 1.64. The van der Waals surface area contributed by atoms with Gasteiger partial charge in [0.2, 0.25) is 0 Å². The molecule has 5 nitrogen and oxygen atoms in total. The number of rotatable bonds is 2. The van der Waals surface area contributed by atoms with Crippen LogP contribution in [0.2, 0.25) is 0 Å². The normalized spacial score (nSPS) is 21.8. The van der Waals surface area contributed by atoms with Crippen LogP contribution in [0.15, 0.2) is 22.7 Å². The Labute approximate surface area is 126 Å². The molecule has 1 aromatic carbocycles. The van der Waals surface area contributed by atoms with E-state index in [1.807, 2.05) is 13.8 Å². The van der Waals surface area contributed by atoms with Crippen LogP contribution in [0.5, 0.6) is 0 Å². The van der Waals surface area contributed by atoms with Gasteiger partial charge in [-0.05, 0) is 48.0 Å². The topological polar surface area (TPSA) is 75.8 Å². The SMILES string of the molecule is CC1(C)CN(C(=O)c2ccc(Br)c(N)c2)CC(CO)O1. The molecule has 1 atom stereocenters. The van der Waals surface area contributed by atoms with Gasteiger partial charge in [-0.15, -0.1) is 0 Å². The number of nitrogen functional groups attached to an aromatic ring is 1. The average molecular weight is 343 g/mol. The largest absolute Gasteiger partial charge is 0.398 e. The van der Waals surface area contributed by atoms with E-state index >= 15 is 0 Å². The van der Waals surface area contributed by atoms with Crippen LogP contribution in [-0.4, -0.2) is 47.3 Å². The van der Waals surface area contributed by atoms with E-state index < -0.39 is 5.60 Å². The van der Waals surface area contributed by atoms with Crippen molar-refractivity contribution in [2.24, 2.45) is 0 Å². The number of morpholine rings is 1. The molecule has 0 aliphatic carbocycles. The molecule has 1 heterocycles. The van der Waals surface area contributed by atoms with Crippen LogP contribution in [0, 0.1) is 0 Å². The van der Waals surface area contributed by atoms with E-state index in [2.05, 4.69) is 15.9 Å². The van der Waals surface area contributed by atoms with Gasteiger partial charge in [-0.2, -0.15) is 0 Å². The van der Waals surface area contributed by atoms with Crippen LogP contribution < -0.4 is 5.73 Å². The van der Waals surface area contributed by atoms with Gasteiger partial charge in [0.25, 0.3) is 5.91 Å². The maximum absolute atomic E-state index is 12.5. The second kappa shape index (κ2) is 5.71. The summed E-state index contributed by atoms with van der Waals surface area (Å²) in [5, 5.41) is 9.28. The second-order valence-corrected chi connectivity index (χ2v) is 6.46. The number of hydrogen-bond acceptors (Lipinski definition) is 4. The summed E-state index contributed by atoms with van der Waals surface area (Å²) in [4.78, 5) is 14.2. The van der Waals surface area contributed by atoms with Gasteiger partial charge in [0.1, 0.15) is 0 Å². The molecule has 3 N–H and O–H groups in total. The fraction of sp³-hybridized carbons (Fsp3) is 0.500. The third kappa shape index (κ3) is 3.31. The van der Waals surface area contributed by atoms with Crippen LogP contribution in [-0.2, 0) is 4.74 Å². The van der Waals surface area contributed by atoms with Gasteiger partial charge in [-0.25, -0.2) is 0 Å². The lowest BCUT2D eigenvalue weighted by molar-refractivity contribution is -0.139. The van der Waals surface area contributed by atoms with E-state index in [9.17, 15) is 9.90 Å².